The zero-order valence-corrected chi connectivity index (χ0v) is 13.5. The van der Waals surface area contributed by atoms with E-state index in [9.17, 15) is 4.79 Å². The molecule has 2 heteroatoms. The predicted octanol–water partition coefficient (Wildman–Crippen LogP) is 4.89. The van der Waals surface area contributed by atoms with E-state index < -0.39 is 0 Å². The monoisotopic (exact) mass is 305 g/mol. The van der Waals surface area contributed by atoms with E-state index in [2.05, 4.69) is 53.9 Å². The minimum atomic E-state index is 0.0395. The Morgan fingerprint density at radius 3 is 2.43 bits per heavy atom. The number of allylic oxidation sites excluding steroid dienone is 2. The average molecular weight is 305 g/mol. The SMILES string of the molecule is C[C@@H](NC(=O)C[C@H]1C=CCC1)c1ccc(-c2ccccc2)cc1. The minimum Gasteiger partial charge on any atom is -0.350 e. The Morgan fingerprint density at radius 1 is 1.09 bits per heavy atom. The van der Waals surface area contributed by atoms with Crippen LogP contribution in [0.5, 0.6) is 0 Å². The van der Waals surface area contributed by atoms with Crippen molar-refractivity contribution in [1.29, 1.82) is 0 Å². The Balaban J connectivity index is 1.60. The minimum absolute atomic E-state index is 0.0395. The van der Waals surface area contributed by atoms with Crippen LogP contribution in [0.25, 0.3) is 11.1 Å². The first-order valence-electron chi connectivity index (χ1n) is 8.34. The number of carbonyl (C=O) groups excluding carboxylic acids is 1. The molecular weight excluding hydrogens is 282 g/mol. The molecule has 1 aliphatic carbocycles. The van der Waals surface area contributed by atoms with Gasteiger partial charge in [0.2, 0.25) is 5.91 Å². The maximum atomic E-state index is 12.1. The van der Waals surface area contributed by atoms with Gasteiger partial charge >= 0.3 is 0 Å². The Hall–Kier alpha value is -2.35. The summed E-state index contributed by atoms with van der Waals surface area (Å²) in [7, 11) is 0. The largest absolute Gasteiger partial charge is 0.350 e. The molecule has 3 rings (SSSR count). The van der Waals surface area contributed by atoms with E-state index in [1.807, 2.05) is 25.1 Å². The van der Waals surface area contributed by atoms with E-state index in [-0.39, 0.29) is 11.9 Å². The van der Waals surface area contributed by atoms with E-state index in [1.54, 1.807) is 0 Å². The van der Waals surface area contributed by atoms with E-state index in [4.69, 9.17) is 0 Å². The summed E-state index contributed by atoms with van der Waals surface area (Å²) in [4.78, 5) is 12.1. The molecule has 2 nitrogen and oxygen atoms in total. The number of carbonyl (C=O) groups is 1. The van der Waals surface area contributed by atoms with Gasteiger partial charge in [-0.2, -0.15) is 0 Å². The lowest BCUT2D eigenvalue weighted by Gasteiger charge is -2.16. The molecule has 1 N–H and O–H groups in total. The molecule has 0 spiro atoms. The van der Waals surface area contributed by atoms with Crippen molar-refractivity contribution < 1.29 is 4.79 Å². The maximum Gasteiger partial charge on any atom is 0.221 e. The molecule has 2 atom stereocenters. The fourth-order valence-corrected chi connectivity index (χ4v) is 3.08. The summed E-state index contributed by atoms with van der Waals surface area (Å²) in [5, 5.41) is 3.11. The maximum absolute atomic E-state index is 12.1. The van der Waals surface area contributed by atoms with Crippen LogP contribution in [0, 0.1) is 5.92 Å². The molecule has 0 aromatic heterocycles. The Bertz CT molecular complexity index is 673. The molecule has 0 saturated heterocycles. The van der Waals surface area contributed by atoms with Crippen molar-refractivity contribution in [3.63, 3.8) is 0 Å². The molecule has 0 unspecified atom stereocenters. The summed E-state index contributed by atoms with van der Waals surface area (Å²) < 4.78 is 0. The van der Waals surface area contributed by atoms with Crippen LogP contribution in [0.1, 0.15) is 37.8 Å². The van der Waals surface area contributed by atoms with Gasteiger partial charge in [0.15, 0.2) is 0 Å². The van der Waals surface area contributed by atoms with Gasteiger partial charge in [0, 0.05) is 6.42 Å². The molecule has 1 amide bonds. The summed E-state index contributed by atoms with van der Waals surface area (Å²) >= 11 is 0. The number of rotatable bonds is 5. The number of nitrogens with one attached hydrogen (secondary N) is 1. The molecule has 0 aliphatic heterocycles. The number of amides is 1. The van der Waals surface area contributed by atoms with Crippen molar-refractivity contribution in [2.45, 2.75) is 32.2 Å². The van der Waals surface area contributed by atoms with Gasteiger partial charge < -0.3 is 5.32 Å². The Kier molecular flexibility index (Phi) is 4.92. The highest BCUT2D eigenvalue weighted by Crippen LogP contribution is 2.23. The molecule has 0 saturated carbocycles. The van der Waals surface area contributed by atoms with Crippen molar-refractivity contribution in [1.82, 2.24) is 5.32 Å². The zero-order valence-electron chi connectivity index (χ0n) is 13.5. The molecule has 1 aliphatic rings. The third kappa shape index (κ3) is 4.10. The third-order valence-electron chi connectivity index (χ3n) is 4.46. The molecule has 118 valence electrons. The van der Waals surface area contributed by atoms with Crippen LogP contribution in [0.2, 0.25) is 0 Å². The van der Waals surface area contributed by atoms with Crippen molar-refractivity contribution in [2.75, 3.05) is 0 Å². The molecule has 0 bridgehead atoms. The highest BCUT2D eigenvalue weighted by atomic mass is 16.1. The quantitative estimate of drug-likeness (QED) is 0.783. The molecule has 2 aromatic rings. The first-order valence-corrected chi connectivity index (χ1v) is 8.34. The van der Waals surface area contributed by atoms with Gasteiger partial charge in [-0.15, -0.1) is 0 Å². The van der Waals surface area contributed by atoms with Gasteiger partial charge in [-0.25, -0.2) is 0 Å². The van der Waals surface area contributed by atoms with Gasteiger partial charge in [0.1, 0.15) is 0 Å². The number of hydrogen-bond donors (Lipinski definition) is 1. The molecule has 0 fully saturated rings. The number of benzene rings is 2. The second kappa shape index (κ2) is 7.28. The highest BCUT2D eigenvalue weighted by molar-refractivity contribution is 5.77. The molecule has 23 heavy (non-hydrogen) atoms. The second-order valence-electron chi connectivity index (χ2n) is 6.25. The van der Waals surface area contributed by atoms with Crippen molar-refractivity contribution in [3.8, 4) is 11.1 Å². The predicted molar refractivity (Wildman–Crippen MR) is 94.9 cm³/mol. The molecule has 2 aromatic carbocycles. The first-order chi connectivity index (χ1) is 11.2. The van der Waals surface area contributed by atoms with Gasteiger partial charge in [0.05, 0.1) is 6.04 Å². The Labute approximate surface area is 138 Å². The van der Waals surface area contributed by atoms with Crippen molar-refractivity contribution in [3.05, 3.63) is 72.3 Å². The van der Waals surface area contributed by atoms with E-state index in [0.29, 0.717) is 12.3 Å². The molecule has 0 heterocycles. The fourth-order valence-electron chi connectivity index (χ4n) is 3.08. The lowest BCUT2D eigenvalue weighted by Crippen LogP contribution is -2.27. The summed E-state index contributed by atoms with van der Waals surface area (Å²) in [6.07, 6.45) is 7.15. The first kappa shape index (κ1) is 15.5. The Morgan fingerprint density at radius 2 is 1.78 bits per heavy atom. The lowest BCUT2D eigenvalue weighted by atomic mass is 10.0. The number of hydrogen-bond acceptors (Lipinski definition) is 1. The zero-order chi connectivity index (χ0) is 16.1. The fraction of sp³-hybridized carbons (Fsp3) is 0.286. The summed E-state index contributed by atoms with van der Waals surface area (Å²) in [6, 6.07) is 18.8. The van der Waals surface area contributed by atoms with E-state index >= 15 is 0 Å². The van der Waals surface area contributed by atoms with Gasteiger partial charge in [-0.1, -0.05) is 66.7 Å². The van der Waals surface area contributed by atoms with Crippen LogP contribution in [-0.4, -0.2) is 5.91 Å². The normalized spacial score (nSPS) is 17.9. The van der Waals surface area contributed by atoms with Crippen LogP contribution >= 0.6 is 0 Å². The van der Waals surface area contributed by atoms with Crippen molar-refractivity contribution in [2.24, 2.45) is 5.92 Å². The van der Waals surface area contributed by atoms with Crippen LogP contribution in [-0.2, 0) is 4.79 Å². The van der Waals surface area contributed by atoms with Crippen LogP contribution in [0.15, 0.2) is 66.7 Å². The van der Waals surface area contributed by atoms with Crippen molar-refractivity contribution >= 4 is 5.91 Å². The van der Waals surface area contributed by atoms with Gasteiger partial charge in [0.25, 0.3) is 0 Å². The van der Waals surface area contributed by atoms with E-state index in [0.717, 1.165) is 18.4 Å². The van der Waals surface area contributed by atoms with Gasteiger partial charge in [-0.3, -0.25) is 4.79 Å². The van der Waals surface area contributed by atoms with Crippen LogP contribution < -0.4 is 5.32 Å². The summed E-state index contributed by atoms with van der Waals surface area (Å²) in [6.45, 7) is 2.04. The standard InChI is InChI=1S/C21H23NO/c1-16(22-21(23)15-17-7-5-6-8-17)18-11-13-20(14-12-18)19-9-3-2-4-10-19/h2-5,7,9-14,16-17H,6,8,15H2,1H3,(H,22,23)/t16-,17+/m1/s1. The molecule has 0 radical (unpaired) electrons. The molecular formula is C21H23NO. The summed E-state index contributed by atoms with van der Waals surface area (Å²) in [5.41, 5.74) is 3.55. The highest BCUT2D eigenvalue weighted by Gasteiger charge is 2.16. The topological polar surface area (TPSA) is 29.1 Å². The van der Waals surface area contributed by atoms with Gasteiger partial charge in [-0.05, 0) is 42.4 Å². The second-order valence-corrected chi connectivity index (χ2v) is 6.25. The summed E-state index contributed by atoms with van der Waals surface area (Å²) in [5.74, 6) is 0.559. The van der Waals surface area contributed by atoms with Crippen LogP contribution in [0.4, 0.5) is 0 Å². The average Bonchev–Trinajstić information content (AvgIpc) is 3.08. The smallest absolute Gasteiger partial charge is 0.221 e. The van der Waals surface area contributed by atoms with E-state index in [1.165, 1.54) is 11.1 Å². The van der Waals surface area contributed by atoms with Crippen LogP contribution in [0.3, 0.4) is 0 Å². The third-order valence-corrected chi connectivity index (χ3v) is 4.46. The lowest BCUT2D eigenvalue weighted by molar-refractivity contribution is -0.122.